The highest BCUT2D eigenvalue weighted by Crippen LogP contribution is 2.26. The van der Waals surface area contributed by atoms with Crippen molar-refractivity contribution in [2.75, 3.05) is 13.7 Å². The van der Waals surface area contributed by atoms with Crippen molar-refractivity contribution >= 4 is 11.8 Å². The van der Waals surface area contributed by atoms with Crippen LogP contribution < -0.4 is 5.32 Å². The first-order valence-corrected chi connectivity index (χ1v) is 10.5. The number of carbonyl (C=O) groups is 2. The molecular formula is C25H50FNO4. The topological polar surface area (TPSA) is 64.6 Å². The van der Waals surface area contributed by atoms with Gasteiger partial charge in [0, 0.05) is 29.8 Å². The lowest BCUT2D eigenvalue weighted by atomic mass is 9.86. The second kappa shape index (κ2) is 15.9. The standard InChI is InChI=1S/C22H37NO4.C2H3F.CH4.3H2/c1-8-10-15(2)13-17(21(25)27-22(4,5)6)14-19(24)16(3)20(26-7)18-11-9-12-23-18;1-2-3;;;;/h8,10,16-18,20,23H,1,9,11-14H2,2-7H3;2H,1H2;1H4;3*1H/b15-10+;;;;;/t16-,17+,18-,20+;;;;;/m0...../s1. The fraction of sp³-hybridized carbons (Fsp3) is 0.680. The fourth-order valence-electron chi connectivity index (χ4n) is 3.60. The van der Waals surface area contributed by atoms with Crippen LogP contribution in [-0.4, -0.2) is 43.2 Å². The summed E-state index contributed by atoms with van der Waals surface area (Å²) < 4.78 is 21.2. The summed E-state index contributed by atoms with van der Waals surface area (Å²) in [6.45, 7) is 16.7. The predicted molar refractivity (Wildman–Crippen MR) is 133 cm³/mol. The fourth-order valence-corrected chi connectivity index (χ4v) is 3.60. The molecule has 1 heterocycles. The number of ketones is 1. The van der Waals surface area contributed by atoms with Gasteiger partial charge in [-0.25, -0.2) is 4.39 Å². The lowest BCUT2D eigenvalue weighted by Crippen LogP contribution is -2.43. The van der Waals surface area contributed by atoms with Gasteiger partial charge in [-0.2, -0.15) is 0 Å². The van der Waals surface area contributed by atoms with Gasteiger partial charge >= 0.3 is 5.97 Å². The van der Waals surface area contributed by atoms with Crippen LogP contribution in [0.25, 0.3) is 0 Å². The van der Waals surface area contributed by atoms with E-state index in [1.807, 2.05) is 40.7 Å². The molecule has 0 spiro atoms. The third kappa shape index (κ3) is 12.6. The first-order chi connectivity index (χ1) is 14.0. The van der Waals surface area contributed by atoms with Gasteiger partial charge in [-0.1, -0.05) is 45.2 Å². The highest BCUT2D eigenvalue weighted by atomic mass is 19.1. The number of allylic oxidation sites excluding steroid dienone is 3. The molecule has 0 amide bonds. The Morgan fingerprint density at radius 1 is 1.29 bits per heavy atom. The van der Waals surface area contributed by atoms with Crippen molar-refractivity contribution < 1.29 is 27.7 Å². The van der Waals surface area contributed by atoms with Gasteiger partial charge in [0.2, 0.25) is 0 Å². The number of esters is 1. The molecule has 0 unspecified atom stereocenters. The molecule has 0 aromatic rings. The minimum Gasteiger partial charge on any atom is -0.460 e. The second-order valence-corrected chi connectivity index (χ2v) is 8.70. The Hall–Kier alpha value is -1.79. The van der Waals surface area contributed by atoms with Crippen LogP contribution >= 0.6 is 0 Å². The van der Waals surface area contributed by atoms with E-state index < -0.39 is 11.5 Å². The summed E-state index contributed by atoms with van der Waals surface area (Å²) in [6, 6.07) is 0.191. The molecule has 1 N–H and O–H groups in total. The van der Waals surface area contributed by atoms with Gasteiger partial charge in [0.25, 0.3) is 0 Å². The Morgan fingerprint density at radius 3 is 2.29 bits per heavy atom. The first kappa shape index (κ1) is 31.4. The summed E-state index contributed by atoms with van der Waals surface area (Å²) in [6.07, 6.45) is 6.38. The van der Waals surface area contributed by atoms with E-state index in [2.05, 4.69) is 18.5 Å². The molecule has 1 aliphatic rings. The molecule has 1 saturated heterocycles. The molecule has 1 fully saturated rings. The van der Waals surface area contributed by atoms with Gasteiger partial charge in [-0.3, -0.25) is 9.59 Å². The van der Waals surface area contributed by atoms with Gasteiger partial charge in [-0.15, -0.1) is 0 Å². The van der Waals surface area contributed by atoms with Crippen LogP contribution in [0.1, 0.15) is 72.0 Å². The maximum atomic E-state index is 13.0. The maximum absolute atomic E-state index is 13.0. The average molecular weight is 448 g/mol. The summed E-state index contributed by atoms with van der Waals surface area (Å²) in [5.41, 5.74) is 0.421. The molecule has 0 aromatic carbocycles. The van der Waals surface area contributed by atoms with E-state index in [-0.39, 0.29) is 54.3 Å². The van der Waals surface area contributed by atoms with Crippen molar-refractivity contribution in [3.05, 3.63) is 37.2 Å². The summed E-state index contributed by atoms with van der Waals surface area (Å²) in [7, 11) is 1.65. The highest BCUT2D eigenvalue weighted by Gasteiger charge is 2.35. The van der Waals surface area contributed by atoms with Crippen molar-refractivity contribution in [2.45, 2.75) is 85.5 Å². The maximum Gasteiger partial charge on any atom is 0.310 e. The quantitative estimate of drug-likeness (QED) is 0.314. The predicted octanol–water partition coefficient (Wildman–Crippen LogP) is 6.30. The van der Waals surface area contributed by atoms with E-state index in [1.165, 1.54) is 0 Å². The van der Waals surface area contributed by atoms with Gasteiger partial charge in [0.1, 0.15) is 11.4 Å². The smallest absolute Gasteiger partial charge is 0.310 e. The molecule has 4 atom stereocenters. The van der Waals surface area contributed by atoms with Crippen LogP contribution in [0.15, 0.2) is 37.2 Å². The van der Waals surface area contributed by atoms with Crippen LogP contribution in [0.4, 0.5) is 4.39 Å². The highest BCUT2D eigenvalue weighted by molar-refractivity contribution is 5.86. The van der Waals surface area contributed by atoms with E-state index in [0.29, 0.717) is 6.42 Å². The largest absolute Gasteiger partial charge is 0.460 e. The molecule has 0 bridgehead atoms. The van der Waals surface area contributed by atoms with E-state index >= 15 is 0 Å². The number of methoxy groups -OCH3 is 1. The zero-order valence-electron chi connectivity index (χ0n) is 19.5. The van der Waals surface area contributed by atoms with E-state index in [1.54, 1.807) is 13.2 Å². The monoisotopic (exact) mass is 447 g/mol. The third-order valence-corrected chi connectivity index (χ3v) is 4.93. The number of ether oxygens (including phenoxy) is 2. The number of rotatable bonds is 10. The van der Waals surface area contributed by atoms with Crippen molar-refractivity contribution in [2.24, 2.45) is 11.8 Å². The Balaban J connectivity index is -0.000000379. The molecular weight excluding hydrogens is 397 g/mol. The number of carbonyl (C=O) groups excluding carboxylic acids is 2. The summed E-state index contributed by atoms with van der Waals surface area (Å²) in [5, 5.41) is 3.41. The number of hydrogen-bond acceptors (Lipinski definition) is 5. The molecule has 0 aliphatic carbocycles. The molecule has 1 rings (SSSR count). The van der Waals surface area contributed by atoms with Gasteiger partial charge in [-0.05, 0) is 53.5 Å². The number of hydrogen-bond donors (Lipinski definition) is 1. The van der Waals surface area contributed by atoms with Crippen LogP contribution in [0.3, 0.4) is 0 Å². The van der Waals surface area contributed by atoms with Crippen LogP contribution in [0, 0.1) is 11.8 Å². The summed E-state index contributed by atoms with van der Waals surface area (Å²) in [4.78, 5) is 25.6. The van der Waals surface area contributed by atoms with Crippen molar-refractivity contribution in [1.82, 2.24) is 5.32 Å². The van der Waals surface area contributed by atoms with Gasteiger partial charge < -0.3 is 14.8 Å². The molecule has 186 valence electrons. The number of halogens is 1. The molecule has 0 saturated carbocycles. The van der Waals surface area contributed by atoms with Crippen LogP contribution in [0.5, 0.6) is 0 Å². The van der Waals surface area contributed by atoms with Crippen molar-refractivity contribution in [3.63, 3.8) is 0 Å². The lowest BCUT2D eigenvalue weighted by Gasteiger charge is -2.29. The SMILES string of the molecule is C.C=C/C=C(\C)C[C@H](CC(=O)[C@H](C)[C@@H](OC)[C@@H]1CCCN1)C(=O)OC(C)(C)C.C=CF.[HH].[HH].[HH]. The van der Waals surface area contributed by atoms with Gasteiger partial charge in [0.15, 0.2) is 0 Å². The molecule has 0 aromatic heterocycles. The zero-order chi connectivity index (χ0) is 23.3. The number of Topliss-reactive ketones (excluding diaryl/α,β-unsaturated/α-hetero) is 1. The van der Waals surface area contributed by atoms with Crippen LogP contribution in [-0.2, 0) is 19.1 Å². The molecule has 6 heteroatoms. The zero-order valence-corrected chi connectivity index (χ0v) is 19.5. The Bertz CT molecular complexity index is 603. The summed E-state index contributed by atoms with van der Waals surface area (Å²) in [5.74, 6) is -1.06. The Kier molecular flexibility index (Phi) is 16.1. The lowest BCUT2D eigenvalue weighted by molar-refractivity contribution is -0.161. The minimum absolute atomic E-state index is 0. The van der Waals surface area contributed by atoms with E-state index in [9.17, 15) is 14.0 Å². The Labute approximate surface area is 193 Å². The molecule has 0 radical (unpaired) electrons. The minimum atomic E-state index is -0.580. The molecule has 1 aliphatic heterocycles. The normalized spacial score (nSPS) is 19.1. The van der Waals surface area contributed by atoms with E-state index in [0.717, 1.165) is 25.0 Å². The second-order valence-electron chi connectivity index (χ2n) is 8.70. The van der Waals surface area contributed by atoms with Crippen molar-refractivity contribution in [1.29, 1.82) is 0 Å². The summed E-state index contributed by atoms with van der Waals surface area (Å²) >= 11 is 0. The Morgan fingerprint density at radius 2 is 1.87 bits per heavy atom. The first-order valence-electron chi connectivity index (χ1n) is 10.5. The van der Waals surface area contributed by atoms with Crippen molar-refractivity contribution in [3.8, 4) is 0 Å². The van der Waals surface area contributed by atoms with Crippen LogP contribution in [0.2, 0.25) is 0 Å². The third-order valence-electron chi connectivity index (χ3n) is 4.93. The van der Waals surface area contributed by atoms with Gasteiger partial charge in [0.05, 0.1) is 18.4 Å². The molecule has 5 nitrogen and oxygen atoms in total. The average Bonchev–Trinajstić information content (AvgIpc) is 3.15. The van der Waals surface area contributed by atoms with E-state index in [4.69, 9.17) is 9.47 Å². The number of nitrogens with one attached hydrogen (secondary N) is 1. The molecule has 31 heavy (non-hydrogen) atoms.